The van der Waals surface area contributed by atoms with E-state index in [4.69, 9.17) is 5.73 Å². The molecule has 0 bridgehead atoms. The molecule has 2 rings (SSSR count). The first-order valence-electron chi connectivity index (χ1n) is 5.59. The molecule has 0 aliphatic heterocycles. The summed E-state index contributed by atoms with van der Waals surface area (Å²) in [5.41, 5.74) is 5.26. The third-order valence-corrected chi connectivity index (χ3v) is 3.07. The number of anilines is 2. The van der Waals surface area contributed by atoms with Crippen molar-refractivity contribution in [1.29, 1.82) is 0 Å². The zero-order valence-electron chi connectivity index (χ0n) is 9.59. The third kappa shape index (κ3) is 2.43. The summed E-state index contributed by atoms with van der Waals surface area (Å²) < 4.78 is 0. The van der Waals surface area contributed by atoms with Gasteiger partial charge in [0.15, 0.2) is 0 Å². The number of nitrogens with zero attached hydrogens (tertiary/aromatic N) is 3. The summed E-state index contributed by atoms with van der Waals surface area (Å²) in [6.07, 6.45) is 4.37. The van der Waals surface area contributed by atoms with Crippen molar-refractivity contribution in [3.05, 3.63) is 16.4 Å². The van der Waals surface area contributed by atoms with Crippen molar-refractivity contribution in [2.45, 2.75) is 32.2 Å². The molecule has 0 saturated heterocycles. The first-order chi connectivity index (χ1) is 8.08. The van der Waals surface area contributed by atoms with Crippen molar-refractivity contribution in [2.24, 2.45) is 5.92 Å². The van der Waals surface area contributed by atoms with Gasteiger partial charge in [0, 0.05) is 6.04 Å². The van der Waals surface area contributed by atoms with E-state index in [1.807, 2.05) is 0 Å². The summed E-state index contributed by atoms with van der Waals surface area (Å²) in [5.74, 6) is 0.769. The quantitative estimate of drug-likeness (QED) is 0.610. The molecular weight excluding hydrogens is 222 g/mol. The average Bonchev–Trinajstić information content (AvgIpc) is 2.63. The molecule has 2 atom stereocenters. The Kier molecular flexibility index (Phi) is 3.08. The van der Waals surface area contributed by atoms with Crippen LogP contribution >= 0.6 is 0 Å². The Balaban J connectivity index is 2.20. The topological polar surface area (TPSA) is 107 Å². The van der Waals surface area contributed by atoms with Crippen LogP contribution in [0.15, 0.2) is 6.33 Å². The van der Waals surface area contributed by atoms with E-state index in [0.29, 0.717) is 5.92 Å². The van der Waals surface area contributed by atoms with Gasteiger partial charge in [-0.1, -0.05) is 6.92 Å². The summed E-state index contributed by atoms with van der Waals surface area (Å²) in [6.45, 7) is 2.17. The van der Waals surface area contributed by atoms with Crippen LogP contribution in [0, 0.1) is 16.0 Å². The highest BCUT2D eigenvalue weighted by Crippen LogP contribution is 2.31. The van der Waals surface area contributed by atoms with Crippen molar-refractivity contribution < 1.29 is 4.92 Å². The summed E-state index contributed by atoms with van der Waals surface area (Å²) in [7, 11) is 0. The van der Waals surface area contributed by atoms with Gasteiger partial charge in [0.05, 0.1) is 4.92 Å². The molecule has 1 saturated carbocycles. The molecule has 3 N–H and O–H groups in total. The lowest BCUT2D eigenvalue weighted by Gasteiger charge is -2.13. The molecule has 0 spiro atoms. The van der Waals surface area contributed by atoms with Gasteiger partial charge < -0.3 is 11.1 Å². The second kappa shape index (κ2) is 4.52. The number of nitrogens with two attached hydrogens (primary N) is 1. The van der Waals surface area contributed by atoms with Gasteiger partial charge in [-0.15, -0.1) is 0 Å². The number of nitrogen functional groups attached to an aromatic ring is 1. The molecule has 1 aromatic heterocycles. The van der Waals surface area contributed by atoms with Crippen LogP contribution in [0.25, 0.3) is 0 Å². The maximum absolute atomic E-state index is 10.9. The van der Waals surface area contributed by atoms with Gasteiger partial charge in [0.1, 0.15) is 6.33 Å². The number of nitro groups is 1. The summed E-state index contributed by atoms with van der Waals surface area (Å²) >= 11 is 0. The molecule has 2 unspecified atom stereocenters. The van der Waals surface area contributed by atoms with E-state index in [0.717, 1.165) is 19.3 Å². The molecule has 1 heterocycles. The van der Waals surface area contributed by atoms with Crippen LogP contribution in [0.4, 0.5) is 17.3 Å². The molecule has 1 aliphatic rings. The largest absolute Gasteiger partial charge is 0.378 e. The van der Waals surface area contributed by atoms with Crippen molar-refractivity contribution >= 4 is 17.3 Å². The molecule has 7 nitrogen and oxygen atoms in total. The monoisotopic (exact) mass is 237 g/mol. The standard InChI is InChI=1S/C10H15N5O2/c1-6-2-3-7(4-6)14-10-8(15(16)17)9(11)12-5-13-10/h5-7H,2-4H2,1H3,(H3,11,12,13,14). The molecule has 1 aromatic rings. The van der Waals surface area contributed by atoms with Crippen molar-refractivity contribution in [3.8, 4) is 0 Å². The van der Waals surface area contributed by atoms with Crippen LogP contribution in [-0.4, -0.2) is 20.9 Å². The van der Waals surface area contributed by atoms with Gasteiger partial charge in [0.2, 0.25) is 11.6 Å². The molecule has 0 amide bonds. The second-order valence-electron chi connectivity index (χ2n) is 4.47. The van der Waals surface area contributed by atoms with Crippen molar-refractivity contribution in [1.82, 2.24) is 9.97 Å². The predicted octanol–water partition coefficient (Wildman–Crippen LogP) is 1.57. The fourth-order valence-corrected chi connectivity index (χ4v) is 2.21. The summed E-state index contributed by atoms with van der Waals surface area (Å²) in [6, 6.07) is 0.234. The van der Waals surface area contributed by atoms with E-state index >= 15 is 0 Å². The molecule has 1 aliphatic carbocycles. The number of aromatic nitrogens is 2. The molecule has 92 valence electrons. The summed E-state index contributed by atoms with van der Waals surface area (Å²) in [4.78, 5) is 17.9. The van der Waals surface area contributed by atoms with E-state index < -0.39 is 4.92 Å². The highest BCUT2D eigenvalue weighted by Gasteiger charge is 2.26. The first-order valence-corrected chi connectivity index (χ1v) is 5.59. The van der Waals surface area contributed by atoms with Crippen LogP contribution in [0.1, 0.15) is 26.2 Å². The van der Waals surface area contributed by atoms with Crippen LogP contribution in [0.3, 0.4) is 0 Å². The van der Waals surface area contributed by atoms with Crippen LogP contribution < -0.4 is 11.1 Å². The second-order valence-corrected chi connectivity index (χ2v) is 4.47. The van der Waals surface area contributed by atoms with E-state index in [1.54, 1.807) is 0 Å². The van der Waals surface area contributed by atoms with E-state index in [1.165, 1.54) is 6.33 Å². The maximum Gasteiger partial charge on any atom is 0.352 e. The lowest BCUT2D eigenvalue weighted by atomic mass is 10.1. The number of hydrogen-bond donors (Lipinski definition) is 2. The number of hydrogen-bond acceptors (Lipinski definition) is 6. The minimum atomic E-state index is -0.546. The maximum atomic E-state index is 10.9. The van der Waals surface area contributed by atoms with Crippen LogP contribution in [0.5, 0.6) is 0 Å². The van der Waals surface area contributed by atoms with Gasteiger partial charge in [0.25, 0.3) is 0 Å². The zero-order valence-corrected chi connectivity index (χ0v) is 9.59. The van der Waals surface area contributed by atoms with Crippen molar-refractivity contribution in [2.75, 3.05) is 11.1 Å². The van der Waals surface area contributed by atoms with Gasteiger partial charge in [-0.3, -0.25) is 10.1 Å². The van der Waals surface area contributed by atoms with E-state index in [-0.39, 0.29) is 23.4 Å². The predicted molar refractivity (Wildman–Crippen MR) is 63.5 cm³/mol. The average molecular weight is 237 g/mol. The van der Waals surface area contributed by atoms with Gasteiger partial charge >= 0.3 is 5.69 Å². The smallest absolute Gasteiger partial charge is 0.352 e. The Hall–Kier alpha value is -1.92. The van der Waals surface area contributed by atoms with Gasteiger partial charge in [-0.05, 0) is 25.2 Å². The lowest BCUT2D eigenvalue weighted by Crippen LogP contribution is -2.18. The summed E-state index contributed by atoms with van der Waals surface area (Å²) in [5, 5.41) is 14.0. The molecule has 17 heavy (non-hydrogen) atoms. The Morgan fingerprint density at radius 1 is 1.53 bits per heavy atom. The Bertz CT molecular complexity index is 437. The normalized spacial score (nSPS) is 23.6. The molecule has 0 aromatic carbocycles. The third-order valence-electron chi connectivity index (χ3n) is 3.07. The van der Waals surface area contributed by atoms with Gasteiger partial charge in [-0.2, -0.15) is 0 Å². The molecule has 1 fully saturated rings. The zero-order chi connectivity index (χ0) is 12.4. The highest BCUT2D eigenvalue weighted by atomic mass is 16.6. The minimum Gasteiger partial charge on any atom is -0.378 e. The van der Waals surface area contributed by atoms with Gasteiger partial charge in [-0.25, -0.2) is 9.97 Å². The van der Waals surface area contributed by atoms with Crippen LogP contribution in [0.2, 0.25) is 0 Å². The lowest BCUT2D eigenvalue weighted by molar-refractivity contribution is -0.383. The Morgan fingerprint density at radius 2 is 2.29 bits per heavy atom. The molecule has 7 heteroatoms. The SMILES string of the molecule is CC1CCC(Nc2ncnc(N)c2[N+](=O)[O-])C1. The van der Waals surface area contributed by atoms with E-state index in [9.17, 15) is 10.1 Å². The minimum absolute atomic E-state index is 0.0986. The number of rotatable bonds is 3. The van der Waals surface area contributed by atoms with Crippen molar-refractivity contribution in [3.63, 3.8) is 0 Å². The molecular formula is C10H15N5O2. The van der Waals surface area contributed by atoms with E-state index in [2.05, 4.69) is 22.2 Å². The fraction of sp³-hybridized carbons (Fsp3) is 0.600. The van der Waals surface area contributed by atoms with Crippen LogP contribution in [-0.2, 0) is 0 Å². The Labute approximate surface area is 98.6 Å². The number of nitrogens with one attached hydrogen (secondary N) is 1. The Morgan fingerprint density at radius 3 is 2.88 bits per heavy atom. The first kappa shape index (κ1) is 11.6. The highest BCUT2D eigenvalue weighted by molar-refractivity contribution is 5.67. The molecule has 0 radical (unpaired) electrons. The fourth-order valence-electron chi connectivity index (χ4n) is 2.21.